The van der Waals surface area contributed by atoms with E-state index >= 15 is 0 Å². The van der Waals surface area contributed by atoms with Crippen LogP contribution in [0.15, 0.2) is 24.3 Å². The molecule has 0 saturated heterocycles. The van der Waals surface area contributed by atoms with Gasteiger partial charge < -0.3 is 10.5 Å². The van der Waals surface area contributed by atoms with Crippen molar-refractivity contribution in [2.45, 2.75) is 59.1 Å². The molecule has 2 nitrogen and oxygen atoms in total. The number of hydrogen-bond acceptors (Lipinski definition) is 2. The van der Waals surface area contributed by atoms with Gasteiger partial charge in [0.2, 0.25) is 0 Å². The third kappa shape index (κ3) is 4.55. The van der Waals surface area contributed by atoms with Crippen LogP contribution in [0.1, 0.15) is 57.2 Å². The maximum absolute atomic E-state index is 6.29. The molecule has 1 saturated carbocycles. The van der Waals surface area contributed by atoms with Crippen LogP contribution in [0.4, 0.5) is 0 Å². The highest BCUT2D eigenvalue weighted by Crippen LogP contribution is 2.35. The lowest BCUT2D eigenvalue weighted by molar-refractivity contribution is -0.0431. The molecule has 118 valence electrons. The van der Waals surface area contributed by atoms with E-state index in [-0.39, 0.29) is 6.04 Å². The van der Waals surface area contributed by atoms with Gasteiger partial charge >= 0.3 is 0 Å². The lowest BCUT2D eigenvalue weighted by atomic mass is 9.75. The number of hydrogen-bond donors (Lipinski definition) is 1. The SMILES string of the molecule is Cc1ccc(C(N)COC2CC(C)CCC2C(C)C)cc1. The molecule has 0 aliphatic heterocycles. The van der Waals surface area contributed by atoms with Gasteiger partial charge in [-0.3, -0.25) is 0 Å². The molecule has 1 fully saturated rings. The van der Waals surface area contributed by atoms with E-state index in [9.17, 15) is 0 Å². The van der Waals surface area contributed by atoms with Crippen molar-refractivity contribution in [1.29, 1.82) is 0 Å². The van der Waals surface area contributed by atoms with Crippen molar-refractivity contribution in [1.82, 2.24) is 0 Å². The minimum atomic E-state index is -0.0179. The maximum atomic E-state index is 6.29. The zero-order valence-electron chi connectivity index (χ0n) is 14.0. The molecule has 4 atom stereocenters. The van der Waals surface area contributed by atoms with Crippen LogP contribution in [0.5, 0.6) is 0 Å². The van der Waals surface area contributed by atoms with Crippen LogP contribution in [-0.2, 0) is 4.74 Å². The topological polar surface area (TPSA) is 35.2 Å². The first kappa shape index (κ1) is 16.5. The van der Waals surface area contributed by atoms with Gasteiger partial charge in [-0.2, -0.15) is 0 Å². The van der Waals surface area contributed by atoms with Crippen LogP contribution in [0.25, 0.3) is 0 Å². The second-order valence-electron chi connectivity index (χ2n) is 7.22. The van der Waals surface area contributed by atoms with Gasteiger partial charge in [0.05, 0.1) is 18.8 Å². The molecule has 0 bridgehead atoms. The van der Waals surface area contributed by atoms with E-state index in [1.54, 1.807) is 0 Å². The molecule has 0 radical (unpaired) electrons. The summed E-state index contributed by atoms with van der Waals surface area (Å²) in [5.41, 5.74) is 8.74. The van der Waals surface area contributed by atoms with Gasteiger partial charge in [0.1, 0.15) is 0 Å². The normalized spacial score (nSPS) is 27.8. The Hall–Kier alpha value is -0.860. The second kappa shape index (κ2) is 7.42. The number of ether oxygens (including phenoxy) is 1. The average molecular weight is 289 g/mol. The van der Waals surface area contributed by atoms with Crippen LogP contribution in [0.2, 0.25) is 0 Å². The van der Waals surface area contributed by atoms with E-state index in [0.29, 0.717) is 24.5 Å². The lowest BCUT2D eigenvalue weighted by Gasteiger charge is -2.37. The summed E-state index contributed by atoms with van der Waals surface area (Å²) < 4.78 is 6.25. The quantitative estimate of drug-likeness (QED) is 0.868. The summed E-state index contributed by atoms with van der Waals surface area (Å²) in [6, 6.07) is 8.46. The Balaban J connectivity index is 1.91. The van der Waals surface area contributed by atoms with Gasteiger partial charge in [0, 0.05) is 0 Å². The summed E-state index contributed by atoms with van der Waals surface area (Å²) in [4.78, 5) is 0. The van der Waals surface area contributed by atoms with Crippen molar-refractivity contribution < 1.29 is 4.74 Å². The zero-order chi connectivity index (χ0) is 15.4. The molecular formula is C19H31NO. The van der Waals surface area contributed by atoms with Gasteiger partial charge in [-0.25, -0.2) is 0 Å². The summed E-state index contributed by atoms with van der Waals surface area (Å²) in [6.07, 6.45) is 4.20. The van der Waals surface area contributed by atoms with E-state index in [0.717, 1.165) is 5.92 Å². The standard InChI is InChI=1S/C19H31NO/c1-13(2)17-10-7-15(4)11-19(17)21-12-18(20)16-8-5-14(3)6-9-16/h5-6,8-9,13,15,17-19H,7,10-12,20H2,1-4H3. The fourth-order valence-corrected chi connectivity index (χ4v) is 3.44. The van der Waals surface area contributed by atoms with E-state index in [1.807, 2.05) is 0 Å². The summed E-state index contributed by atoms with van der Waals surface area (Å²) in [5, 5.41) is 0. The Morgan fingerprint density at radius 2 is 1.86 bits per heavy atom. The maximum Gasteiger partial charge on any atom is 0.0663 e. The molecule has 0 aromatic heterocycles. The van der Waals surface area contributed by atoms with Crippen LogP contribution in [0, 0.1) is 24.7 Å². The van der Waals surface area contributed by atoms with Crippen LogP contribution in [-0.4, -0.2) is 12.7 Å². The predicted octanol–water partition coefficient (Wildman–Crippen LogP) is 4.47. The van der Waals surface area contributed by atoms with Gasteiger partial charge in [0.25, 0.3) is 0 Å². The molecule has 2 heteroatoms. The third-order valence-corrected chi connectivity index (χ3v) is 4.96. The van der Waals surface area contributed by atoms with Crippen LogP contribution >= 0.6 is 0 Å². The number of benzene rings is 1. The van der Waals surface area contributed by atoms with Crippen molar-refractivity contribution in [2.24, 2.45) is 23.5 Å². The molecule has 2 N–H and O–H groups in total. The Labute approximate surface area is 130 Å². The first-order valence-electron chi connectivity index (χ1n) is 8.41. The molecule has 0 amide bonds. The third-order valence-electron chi connectivity index (χ3n) is 4.96. The van der Waals surface area contributed by atoms with Gasteiger partial charge in [-0.15, -0.1) is 0 Å². The molecule has 1 aromatic rings. The van der Waals surface area contributed by atoms with Crippen molar-refractivity contribution in [3.8, 4) is 0 Å². The fourth-order valence-electron chi connectivity index (χ4n) is 3.44. The Kier molecular flexibility index (Phi) is 5.83. The Bertz CT molecular complexity index is 426. The summed E-state index contributed by atoms with van der Waals surface area (Å²) in [5.74, 6) is 2.16. The van der Waals surface area contributed by atoms with E-state index in [2.05, 4.69) is 52.0 Å². The first-order valence-corrected chi connectivity index (χ1v) is 8.41. The monoisotopic (exact) mass is 289 g/mol. The highest BCUT2D eigenvalue weighted by atomic mass is 16.5. The van der Waals surface area contributed by atoms with E-state index < -0.39 is 0 Å². The van der Waals surface area contributed by atoms with Crippen molar-refractivity contribution in [3.63, 3.8) is 0 Å². The van der Waals surface area contributed by atoms with Crippen LogP contribution in [0.3, 0.4) is 0 Å². The summed E-state index contributed by atoms with van der Waals surface area (Å²) in [7, 11) is 0. The summed E-state index contributed by atoms with van der Waals surface area (Å²) >= 11 is 0. The van der Waals surface area contributed by atoms with Gasteiger partial charge in [0.15, 0.2) is 0 Å². The average Bonchev–Trinajstić information content (AvgIpc) is 2.45. The van der Waals surface area contributed by atoms with E-state index in [1.165, 1.54) is 30.4 Å². The second-order valence-corrected chi connectivity index (χ2v) is 7.22. The summed E-state index contributed by atoms with van der Waals surface area (Å²) in [6.45, 7) is 9.70. The van der Waals surface area contributed by atoms with Crippen molar-refractivity contribution >= 4 is 0 Å². The molecule has 1 aromatic carbocycles. The number of aryl methyl sites for hydroxylation is 1. The minimum Gasteiger partial charge on any atom is -0.376 e. The highest BCUT2D eigenvalue weighted by molar-refractivity contribution is 5.23. The van der Waals surface area contributed by atoms with Gasteiger partial charge in [-0.05, 0) is 43.1 Å². The predicted molar refractivity (Wildman–Crippen MR) is 89.2 cm³/mol. The van der Waals surface area contributed by atoms with Crippen LogP contribution < -0.4 is 5.73 Å². The minimum absolute atomic E-state index is 0.0179. The van der Waals surface area contributed by atoms with Gasteiger partial charge in [-0.1, -0.05) is 57.0 Å². The Morgan fingerprint density at radius 1 is 1.19 bits per heavy atom. The van der Waals surface area contributed by atoms with Crippen molar-refractivity contribution in [2.75, 3.05) is 6.61 Å². The smallest absolute Gasteiger partial charge is 0.0663 e. The molecule has 0 heterocycles. The number of nitrogens with two attached hydrogens (primary N) is 1. The first-order chi connectivity index (χ1) is 9.97. The molecule has 1 aliphatic carbocycles. The fraction of sp³-hybridized carbons (Fsp3) is 0.684. The van der Waals surface area contributed by atoms with E-state index in [4.69, 9.17) is 10.5 Å². The highest BCUT2D eigenvalue weighted by Gasteiger charge is 2.31. The molecule has 21 heavy (non-hydrogen) atoms. The van der Waals surface area contributed by atoms with Crippen molar-refractivity contribution in [3.05, 3.63) is 35.4 Å². The molecule has 4 unspecified atom stereocenters. The molecule has 1 aliphatic rings. The molecule has 0 spiro atoms. The lowest BCUT2D eigenvalue weighted by Crippen LogP contribution is -2.36. The largest absolute Gasteiger partial charge is 0.376 e. The molecular weight excluding hydrogens is 258 g/mol. The molecule has 2 rings (SSSR count). The Morgan fingerprint density at radius 3 is 2.48 bits per heavy atom. The number of rotatable bonds is 5. The zero-order valence-corrected chi connectivity index (χ0v) is 14.0.